The summed E-state index contributed by atoms with van der Waals surface area (Å²) >= 11 is 0.619. The number of carbonyl (C=O) groups is 1. The van der Waals surface area contributed by atoms with Crippen molar-refractivity contribution < 1.29 is 31.1 Å². The van der Waals surface area contributed by atoms with Crippen LogP contribution in [0, 0.1) is 10.7 Å². The van der Waals surface area contributed by atoms with Crippen LogP contribution in [0.15, 0.2) is 28.5 Å². The summed E-state index contributed by atoms with van der Waals surface area (Å²) in [4.78, 5) is 15.2. The largest absolute Gasteiger partial charge is 0.435 e. The number of benzene rings is 1. The molecule has 0 atom stereocenters. The Morgan fingerprint density at radius 2 is 1.88 bits per heavy atom. The maximum Gasteiger partial charge on any atom is 0.435 e. The van der Waals surface area contributed by atoms with Crippen molar-refractivity contribution in [2.75, 3.05) is 5.32 Å². The fraction of sp³-hybridized carbons (Fsp3) is 0.154. The molecule has 1 aromatic heterocycles. The van der Waals surface area contributed by atoms with Crippen LogP contribution in [-0.2, 0) is 12.4 Å². The van der Waals surface area contributed by atoms with E-state index in [0.717, 1.165) is 18.2 Å². The van der Waals surface area contributed by atoms with Gasteiger partial charge in [-0.1, -0.05) is 17.4 Å². The molecule has 1 heterocycles. The molecule has 2 rings (SSSR count). The Labute approximate surface area is 144 Å². The van der Waals surface area contributed by atoms with Crippen LogP contribution in [-0.4, -0.2) is 10.9 Å². The van der Waals surface area contributed by atoms with Crippen LogP contribution in [0.1, 0.15) is 21.6 Å². The smallest absolute Gasteiger partial charge is 0.298 e. The number of nitriles is 1. The summed E-state index contributed by atoms with van der Waals surface area (Å²) in [5.41, 5.74) is -2.81. The molecule has 1 N–H and O–H groups in total. The average Bonchev–Trinajstić information content (AvgIpc) is 2.90. The van der Waals surface area contributed by atoms with Crippen LogP contribution in [0.4, 0.5) is 31.5 Å². The van der Waals surface area contributed by atoms with Gasteiger partial charge < -0.3 is 0 Å². The van der Waals surface area contributed by atoms with Crippen molar-refractivity contribution in [3.8, 4) is 5.40 Å². The number of thiazole rings is 1. The molecule has 4 nitrogen and oxygen atoms in total. The van der Waals surface area contributed by atoms with Gasteiger partial charge in [-0.05, 0) is 18.2 Å². The van der Waals surface area contributed by atoms with Crippen LogP contribution in [0.25, 0.3) is 0 Å². The molecule has 0 spiro atoms. The van der Waals surface area contributed by atoms with Gasteiger partial charge in [-0.15, -0.1) is 0 Å². The van der Waals surface area contributed by atoms with Crippen molar-refractivity contribution in [2.45, 2.75) is 16.6 Å². The minimum atomic E-state index is -4.84. The average molecular weight is 397 g/mol. The first kappa shape index (κ1) is 19.1. The molecule has 0 unspecified atom stereocenters. The topological polar surface area (TPSA) is 65.8 Å². The van der Waals surface area contributed by atoms with Crippen LogP contribution in [0.5, 0.6) is 0 Å². The van der Waals surface area contributed by atoms with Crippen molar-refractivity contribution >= 4 is 34.1 Å². The molecule has 12 heteroatoms. The van der Waals surface area contributed by atoms with Gasteiger partial charge >= 0.3 is 12.4 Å². The fourth-order valence-electron chi connectivity index (χ4n) is 1.66. The van der Waals surface area contributed by atoms with Gasteiger partial charge in [-0.25, -0.2) is 4.98 Å². The van der Waals surface area contributed by atoms with Gasteiger partial charge in [0.1, 0.15) is 9.61 Å². The normalized spacial score (nSPS) is 11.9. The molecule has 0 bridgehead atoms. The number of amides is 1. The molecule has 25 heavy (non-hydrogen) atoms. The first-order chi connectivity index (χ1) is 11.5. The number of hydrogen-bond acceptors (Lipinski definition) is 5. The number of hydrogen-bond donors (Lipinski definition) is 1. The molecule has 132 valence electrons. The van der Waals surface area contributed by atoms with E-state index in [-0.39, 0.29) is 11.8 Å². The van der Waals surface area contributed by atoms with E-state index in [2.05, 4.69) is 4.98 Å². The van der Waals surface area contributed by atoms with Gasteiger partial charge in [0.05, 0.1) is 5.56 Å². The summed E-state index contributed by atoms with van der Waals surface area (Å²) in [7, 11) is 0. The Balaban J connectivity index is 2.28. The lowest BCUT2D eigenvalue weighted by Crippen LogP contribution is -2.14. The van der Waals surface area contributed by atoms with E-state index in [1.54, 1.807) is 0 Å². The molecule has 0 aliphatic heterocycles. The highest BCUT2D eigenvalue weighted by atomic mass is 32.2. The fourth-order valence-corrected chi connectivity index (χ4v) is 3.23. The van der Waals surface area contributed by atoms with E-state index < -0.39 is 44.4 Å². The molecule has 0 radical (unpaired) electrons. The summed E-state index contributed by atoms with van der Waals surface area (Å²) in [5.74, 6) is -1.05. The molecule has 1 aromatic carbocycles. The Kier molecular flexibility index (Phi) is 5.28. The highest BCUT2D eigenvalue weighted by molar-refractivity contribution is 8.05. The van der Waals surface area contributed by atoms with Gasteiger partial charge in [0, 0.05) is 17.3 Å². The third-order valence-electron chi connectivity index (χ3n) is 2.68. The van der Waals surface area contributed by atoms with Crippen molar-refractivity contribution in [1.29, 1.82) is 5.26 Å². The van der Waals surface area contributed by atoms with E-state index in [1.807, 2.05) is 5.32 Å². The highest BCUT2D eigenvalue weighted by Gasteiger charge is 2.38. The molecular weight excluding hydrogens is 392 g/mol. The Bertz CT molecular complexity index is 838. The lowest BCUT2D eigenvalue weighted by Gasteiger charge is -2.08. The number of halogens is 6. The second-order valence-corrected chi connectivity index (χ2v) is 6.43. The lowest BCUT2D eigenvalue weighted by atomic mass is 10.1. The van der Waals surface area contributed by atoms with Crippen molar-refractivity contribution in [2.24, 2.45) is 0 Å². The first-order valence-electron chi connectivity index (χ1n) is 6.15. The zero-order valence-corrected chi connectivity index (χ0v) is 13.3. The Hall–Kier alpha value is -2.26. The van der Waals surface area contributed by atoms with Gasteiger partial charge in [0.15, 0.2) is 10.8 Å². The predicted octanol–water partition coefficient (Wildman–Crippen LogP) is 5.01. The standard InChI is InChI=1S/C13H5F6N3OS2/c14-12(15,16)7-3-1-2-6(4-7)9(23)22-11-21-8(13(17,18)19)10(25-11)24-5-20/h1-4H,(H,21,22,23). The quantitative estimate of drug-likeness (QED) is 0.449. The van der Waals surface area contributed by atoms with Gasteiger partial charge in [-0.2, -0.15) is 31.6 Å². The molecule has 2 aromatic rings. The number of carbonyl (C=O) groups excluding carboxylic acids is 1. The van der Waals surface area contributed by atoms with Gasteiger partial charge in [0.2, 0.25) is 0 Å². The number of aromatic nitrogens is 1. The van der Waals surface area contributed by atoms with E-state index in [9.17, 15) is 31.1 Å². The third kappa shape index (κ3) is 4.64. The summed E-state index contributed by atoms with van der Waals surface area (Å²) in [6.07, 6.45) is -9.51. The van der Waals surface area contributed by atoms with E-state index in [1.165, 1.54) is 5.40 Å². The second-order valence-electron chi connectivity index (χ2n) is 4.38. The summed E-state index contributed by atoms with van der Waals surface area (Å²) in [6, 6.07) is 3.40. The number of rotatable bonds is 3. The van der Waals surface area contributed by atoms with Crippen LogP contribution in [0.2, 0.25) is 0 Å². The molecular formula is C13H5F6N3OS2. The molecule has 0 aliphatic rings. The SMILES string of the molecule is N#CSc1sc(NC(=O)c2cccc(C(F)(F)F)c2)nc1C(F)(F)F. The maximum absolute atomic E-state index is 12.8. The minimum Gasteiger partial charge on any atom is -0.298 e. The number of nitrogens with one attached hydrogen (secondary N) is 1. The zero-order chi connectivity index (χ0) is 18.8. The molecule has 0 saturated heterocycles. The molecule has 0 aliphatic carbocycles. The van der Waals surface area contributed by atoms with Gasteiger partial charge in [0.25, 0.3) is 5.91 Å². The molecule has 0 fully saturated rings. The van der Waals surface area contributed by atoms with Crippen molar-refractivity contribution in [1.82, 2.24) is 4.98 Å². The second kappa shape index (κ2) is 6.93. The number of alkyl halides is 6. The van der Waals surface area contributed by atoms with Crippen LogP contribution >= 0.6 is 23.1 Å². The number of anilines is 1. The Morgan fingerprint density at radius 1 is 1.20 bits per heavy atom. The number of thiocyanates is 1. The minimum absolute atomic E-state index is 0.220. The summed E-state index contributed by atoms with van der Waals surface area (Å²) in [5, 5.41) is 11.5. The predicted molar refractivity (Wildman–Crippen MR) is 78.0 cm³/mol. The van der Waals surface area contributed by atoms with Gasteiger partial charge in [-0.3, -0.25) is 10.1 Å². The van der Waals surface area contributed by atoms with Crippen LogP contribution in [0.3, 0.4) is 0 Å². The molecule has 0 saturated carbocycles. The lowest BCUT2D eigenvalue weighted by molar-refractivity contribution is -0.142. The summed E-state index contributed by atoms with van der Waals surface area (Å²) in [6.45, 7) is 0. The Morgan fingerprint density at radius 3 is 2.44 bits per heavy atom. The number of thioether (sulfide) groups is 1. The van der Waals surface area contributed by atoms with Crippen LogP contribution < -0.4 is 5.32 Å². The van der Waals surface area contributed by atoms with Crippen molar-refractivity contribution in [3.63, 3.8) is 0 Å². The van der Waals surface area contributed by atoms with E-state index >= 15 is 0 Å². The summed E-state index contributed by atoms with van der Waals surface area (Å²) < 4.78 is 75.9. The third-order valence-corrected chi connectivity index (χ3v) is 4.41. The first-order valence-corrected chi connectivity index (χ1v) is 7.78. The maximum atomic E-state index is 12.8. The zero-order valence-electron chi connectivity index (χ0n) is 11.7. The number of nitrogens with zero attached hydrogens (tertiary/aromatic N) is 2. The highest BCUT2D eigenvalue weighted by Crippen LogP contribution is 2.41. The van der Waals surface area contributed by atoms with E-state index in [4.69, 9.17) is 5.26 Å². The van der Waals surface area contributed by atoms with E-state index in [0.29, 0.717) is 17.4 Å². The molecule has 1 amide bonds. The monoisotopic (exact) mass is 397 g/mol. The van der Waals surface area contributed by atoms with Crippen molar-refractivity contribution in [3.05, 3.63) is 41.1 Å².